The van der Waals surface area contributed by atoms with Crippen LogP contribution in [0.15, 0.2) is 54.6 Å². The van der Waals surface area contributed by atoms with Crippen molar-refractivity contribution in [2.45, 2.75) is 32.4 Å². The van der Waals surface area contributed by atoms with Crippen molar-refractivity contribution in [1.29, 1.82) is 0 Å². The van der Waals surface area contributed by atoms with Crippen molar-refractivity contribution >= 4 is 11.6 Å². The highest BCUT2D eigenvalue weighted by Gasteiger charge is 2.16. The van der Waals surface area contributed by atoms with Crippen LogP contribution < -0.4 is 20.3 Å². The monoisotopic (exact) mass is 454 g/mol. The third-order valence-electron chi connectivity index (χ3n) is 5.74. The maximum absolute atomic E-state index is 12.3. The summed E-state index contributed by atoms with van der Waals surface area (Å²) >= 11 is 0. The molecule has 0 saturated carbocycles. The van der Waals surface area contributed by atoms with E-state index in [9.17, 15) is 9.90 Å². The van der Waals surface area contributed by atoms with Crippen molar-refractivity contribution in [3.05, 3.63) is 60.2 Å². The molecule has 0 unspecified atom stereocenters. The highest BCUT2D eigenvalue weighted by molar-refractivity contribution is 5.78. The van der Waals surface area contributed by atoms with Gasteiger partial charge >= 0.3 is 0 Å². The number of carbonyl (C=O) groups excluding carboxylic acids is 1. The Hall–Kier alpha value is -2.61. The summed E-state index contributed by atoms with van der Waals surface area (Å²) in [5.74, 6) is 0.721. The van der Waals surface area contributed by atoms with E-state index in [0.717, 1.165) is 38.3 Å². The van der Waals surface area contributed by atoms with E-state index in [4.69, 9.17) is 4.74 Å². The number of ether oxygens (including phenoxy) is 1. The summed E-state index contributed by atoms with van der Waals surface area (Å²) in [5, 5.41) is 16.1. The van der Waals surface area contributed by atoms with Crippen LogP contribution in [0.4, 0.5) is 5.69 Å². The van der Waals surface area contributed by atoms with Crippen LogP contribution in [0, 0.1) is 0 Å². The topological polar surface area (TPSA) is 77.1 Å². The third-order valence-corrected chi connectivity index (χ3v) is 5.74. The number of piperazine rings is 1. The zero-order valence-electron chi connectivity index (χ0n) is 19.9. The maximum atomic E-state index is 12.3. The van der Waals surface area contributed by atoms with Crippen molar-refractivity contribution in [3.8, 4) is 5.75 Å². The van der Waals surface area contributed by atoms with Gasteiger partial charge in [0.15, 0.2) is 0 Å². The van der Waals surface area contributed by atoms with Crippen LogP contribution >= 0.6 is 0 Å². The molecule has 0 bridgehead atoms. The first kappa shape index (κ1) is 25.0. The summed E-state index contributed by atoms with van der Waals surface area (Å²) in [6, 6.07) is 18.3. The molecule has 0 aliphatic carbocycles. The van der Waals surface area contributed by atoms with E-state index in [1.54, 1.807) is 0 Å². The SMILES string of the molecule is CC(C)NC[C@H](O)COc1ccc(CC(=O)NCCN2CCN(c3ccccc3)CC2)cc1. The number of nitrogens with zero attached hydrogens (tertiary/aromatic N) is 2. The lowest BCUT2D eigenvalue weighted by molar-refractivity contribution is -0.120. The number of hydrogen-bond donors (Lipinski definition) is 3. The first-order valence-electron chi connectivity index (χ1n) is 11.9. The van der Waals surface area contributed by atoms with Crippen LogP contribution in [0.1, 0.15) is 19.4 Å². The summed E-state index contributed by atoms with van der Waals surface area (Å²) in [7, 11) is 0. The van der Waals surface area contributed by atoms with Gasteiger partial charge in [0.2, 0.25) is 5.91 Å². The van der Waals surface area contributed by atoms with Crippen LogP contribution in [0.3, 0.4) is 0 Å². The van der Waals surface area contributed by atoms with Crippen LogP contribution in [0.25, 0.3) is 0 Å². The second-order valence-electron chi connectivity index (χ2n) is 8.86. The van der Waals surface area contributed by atoms with Gasteiger partial charge in [0, 0.05) is 57.5 Å². The van der Waals surface area contributed by atoms with E-state index < -0.39 is 6.10 Å². The van der Waals surface area contributed by atoms with Gasteiger partial charge in [0.25, 0.3) is 0 Å². The molecule has 3 N–H and O–H groups in total. The van der Waals surface area contributed by atoms with Crippen LogP contribution in [0.5, 0.6) is 5.75 Å². The molecular formula is C26H38N4O3. The molecule has 1 aliphatic heterocycles. The molecular weight excluding hydrogens is 416 g/mol. The minimum atomic E-state index is -0.556. The van der Waals surface area contributed by atoms with E-state index in [0.29, 0.717) is 31.3 Å². The number of nitrogens with one attached hydrogen (secondary N) is 2. The van der Waals surface area contributed by atoms with Gasteiger partial charge in [-0.3, -0.25) is 9.69 Å². The van der Waals surface area contributed by atoms with Crippen molar-refractivity contribution in [3.63, 3.8) is 0 Å². The average molecular weight is 455 g/mol. The summed E-state index contributed by atoms with van der Waals surface area (Å²) in [6.45, 7) is 10.4. The molecule has 7 heteroatoms. The first-order chi connectivity index (χ1) is 16.0. The Morgan fingerprint density at radius 3 is 2.39 bits per heavy atom. The Labute approximate surface area is 197 Å². The van der Waals surface area contributed by atoms with Gasteiger partial charge in [-0.05, 0) is 29.8 Å². The molecule has 0 spiro atoms. The summed E-state index contributed by atoms with van der Waals surface area (Å²) in [5.41, 5.74) is 2.22. The van der Waals surface area contributed by atoms with E-state index in [1.165, 1.54) is 5.69 Å². The lowest BCUT2D eigenvalue weighted by Crippen LogP contribution is -2.48. The molecule has 7 nitrogen and oxygen atoms in total. The van der Waals surface area contributed by atoms with Crippen molar-refractivity contribution in [2.75, 3.05) is 57.3 Å². The molecule has 3 rings (SSSR count). The second kappa shape index (κ2) is 13.2. The zero-order chi connectivity index (χ0) is 23.5. The molecule has 1 saturated heterocycles. The fourth-order valence-corrected chi connectivity index (χ4v) is 3.80. The van der Waals surface area contributed by atoms with Gasteiger partial charge in [0.1, 0.15) is 18.5 Å². The van der Waals surface area contributed by atoms with Crippen molar-refractivity contribution in [1.82, 2.24) is 15.5 Å². The average Bonchev–Trinajstić information content (AvgIpc) is 2.83. The standard InChI is InChI=1S/C26H38N4O3/c1-21(2)28-19-24(31)20-33-25-10-8-22(9-11-25)18-26(32)27-12-13-29-14-16-30(17-15-29)23-6-4-3-5-7-23/h3-11,21,24,28,31H,12-20H2,1-2H3,(H,27,32)/t24-/m0/s1. The number of aliphatic hydroxyl groups excluding tert-OH is 1. The molecule has 1 atom stereocenters. The highest BCUT2D eigenvalue weighted by Crippen LogP contribution is 2.15. The molecule has 1 fully saturated rings. The van der Waals surface area contributed by atoms with Crippen LogP contribution in [-0.4, -0.2) is 80.5 Å². The van der Waals surface area contributed by atoms with Gasteiger partial charge in [0.05, 0.1) is 6.42 Å². The highest BCUT2D eigenvalue weighted by atomic mass is 16.5. The maximum Gasteiger partial charge on any atom is 0.224 e. The molecule has 1 heterocycles. The number of anilines is 1. The van der Waals surface area contributed by atoms with Gasteiger partial charge in [-0.1, -0.05) is 44.2 Å². The molecule has 180 valence electrons. The van der Waals surface area contributed by atoms with Gasteiger partial charge < -0.3 is 25.4 Å². The minimum Gasteiger partial charge on any atom is -0.491 e. The van der Waals surface area contributed by atoms with Gasteiger partial charge in [-0.2, -0.15) is 0 Å². The number of carbonyl (C=O) groups is 1. The molecule has 1 aliphatic rings. The van der Waals surface area contributed by atoms with Crippen molar-refractivity contribution in [2.24, 2.45) is 0 Å². The van der Waals surface area contributed by atoms with E-state index >= 15 is 0 Å². The Bertz CT molecular complexity index is 821. The molecule has 33 heavy (non-hydrogen) atoms. The van der Waals surface area contributed by atoms with Crippen LogP contribution in [0.2, 0.25) is 0 Å². The number of benzene rings is 2. The fraction of sp³-hybridized carbons (Fsp3) is 0.500. The number of amides is 1. The Kier molecular flexibility index (Phi) is 10.00. The zero-order valence-corrected chi connectivity index (χ0v) is 19.9. The minimum absolute atomic E-state index is 0.0294. The summed E-state index contributed by atoms with van der Waals surface area (Å²) in [4.78, 5) is 17.1. The molecule has 0 radical (unpaired) electrons. The number of aliphatic hydroxyl groups is 1. The normalized spacial score (nSPS) is 15.5. The number of para-hydroxylation sites is 1. The first-order valence-corrected chi connectivity index (χ1v) is 11.9. The Morgan fingerprint density at radius 2 is 1.73 bits per heavy atom. The number of hydrogen-bond acceptors (Lipinski definition) is 6. The third kappa shape index (κ3) is 9.04. The molecule has 2 aromatic carbocycles. The fourth-order valence-electron chi connectivity index (χ4n) is 3.80. The largest absolute Gasteiger partial charge is 0.491 e. The van der Waals surface area contributed by atoms with Gasteiger partial charge in [-0.15, -0.1) is 0 Å². The second-order valence-corrected chi connectivity index (χ2v) is 8.86. The Balaban J connectivity index is 1.29. The van der Waals surface area contributed by atoms with Gasteiger partial charge in [-0.25, -0.2) is 0 Å². The number of rotatable bonds is 12. The summed E-state index contributed by atoms with van der Waals surface area (Å²) < 4.78 is 5.63. The van der Waals surface area contributed by atoms with Crippen molar-refractivity contribution < 1.29 is 14.6 Å². The smallest absolute Gasteiger partial charge is 0.224 e. The lowest BCUT2D eigenvalue weighted by Gasteiger charge is -2.36. The lowest BCUT2D eigenvalue weighted by atomic mass is 10.1. The molecule has 1 amide bonds. The molecule has 2 aromatic rings. The Morgan fingerprint density at radius 1 is 1.03 bits per heavy atom. The predicted molar refractivity (Wildman–Crippen MR) is 133 cm³/mol. The molecule has 0 aromatic heterocycles. The van der Waals surface area contributed by atoms with E-state index in [2.05, 4.69) is 44.7 Å². The predicted octanol–water partition coefficient (Wildman–Crippen LogP) is 1.91. The van der Waals surface area contributed by atoms with E-state index in [-0.39, 0.29) is 12.5 Å². The van der Waals surface area contributed by atoms with E-state index in [1.807, 2.05) is 44.2 Å². The van der Waals surface area contributed by atoms with Crippen LogP contribution in [-0.2, 0) is 11.2 Å². The summed E-state index contributed by atoms with van der Waals surface area (Å²) in [6.07, 6.45) is -0.206. The quantitative estimate of drug-likeness (QED) is 0.455.